The first-order chi connectivity index (χ1) is 15.1. The molecular formula is C21H16ClN7OS. The molecule has 0 spiro atoms. The number of aryl methyl sites for hydroxylation is 1. The van der Waals surface area contributed by atoms with Crippen molar-refractivity contribution in [3.63, 3.8) is 0 Å². The summed E-state index contributed by atoms with van der Waals surface area (Å²) in [4.78, 5) is 16.7. The summed E-state index contributed by atoms with van der Waals surface area (Å²) in [7, 11) is 0. The second-order valence-corrected chi connectivity index (χ2v) is 8.24. The molecule has 154 valence electrons. The summed E-state index contributed by atoms with van der Waals surface area (Å²) in [6.07, 6.45) is 2.99. The average Bonchev–Trinajstić information content (AvgIpc) is 3.43. The van der Waals surface area contributed by atoms with E-state index in [0.717, 1.165) is 22.1 Å². The minimum atomic E-state index is -0.193. The number of benzene rings is 2. The lowest BCUT2D eigenvalue weighted by Gasteiger charge is -2.11. The van der Waals surface area contributed by atoms with Gasteiger partial charge in [-0.25, -0.2) is 9.67 Å². The number of nitrogens with zero attached hydrogens (tertiary/aromatic N) is 6. The molecule has 3 aromatic heterocycles. The Morgan fingerprint density at radius 3 is 2.87 bits per heavy atom. The van der Waals surface area contributed by atoms with Crippen molar-refractivity contribution >= 4 is 51.5 Å². The third kappa shape index (κ3) is 3.73. The predicted molar refractivity (Wildman–Crippen MR) is 121 cm³/mol. The quantitative estimate of drug-likeness (QED) is 0.405. The van der Waals surface area contributed by atoms with Crippen LogP contribution in [-0.4, -0.2) is 41.0 Å². The van der Waals surface area contributed by atoms with Crippen LogP contribution in [-0.2, 0) is 4.79 Å². The highest BCUT2D eigenvalue weighted by Crippen LogP contribution is 2.27. The van der Waals surface area contributed by atoms with E-state index >= 15 is 0 Å². The Labute approximate surface area is 186 Å². The number of hydrogen-bond acceptors (Lipinski definition) is 6. The molecule has 8 nitrogen and oxygen atoms in total. The zero-order valence-electron chi connectivity index (χ0n) is 16.4. The van der Waals surface area contributed by atoms with Crippen molar-refractivity contribution in [1.29, 1.82) is 0 Å². The van der Waals surface area contributed by atoms with Crippen molar-refractivity contribution < 1.29 is 4.79 Å². The number of carbonyl (C=O) groups excluding carboxylic acids is 1. The number of hydrogen-bond donors (Lipinski definition) is 1. The normalized spacial score (nSPS) is 11.3. The summed E-state index contributed by atoms with van der Waals surface area (Å²) in [5.74, 6) is -0.0337. The Kier molecular flexibility index (Phi) is 5.05. The number of carbonyl (C=O) groups is 1. The SMILES string of the molecule is Cc1cc2nnc(SCC(=O)Nc3cc(Cl)ccc3-n3cncn3)n2c2ccccc12. The molecule has 0 unspecified atom stereocenters. The number of fused-ring (bicyclic) bond motifs is 3. The number of aromatic nitrogens is 6. The molecule has 1 amide bonds. The van der Waals surface area contributed by atoms with Crippen LogP contribution in [0.1, 0.15) is 5.56 Å². The van der Waals surface area contributed by atoms with Crippen LogP contribution in [0.5, 0.6) is 0 Å². The van der Waals surface area contributed by atoms with Gasteiger partial charge in [-0.1, -0.05) is 41.6 Å². The van der Waals surface area contributed by atoms with Gasteiger partial charge in [0.2, 0.25) is 5.91 Å². The highest BCUT2D eigenvalue weighted by atomic mass is 35.5. The van der Waals surface area contributed by atoms with Gasteiger partial charge in [0.15, 0.2) is 10.8 Å². The van der Waals surface area contributed by atoms with Gasteiger partial charge in [-0.2, -0.15) is 5.10 Å². The number of thioether (sulfide) groups is 1. The van der Waals surface area contributed by atoms with Crippen molar-refractivity contribution in [2.45, 2.75) is 12.1 Å². The van der Waals surface area contributed by atoms with Crippen LogP contribution in [0.2, 0.25) is 5.02 Å². The highest BCUT2D eigenvalue weighted by Gasteiger charge is 2.15. The lowest BCUT2D eigenvalue weighted by molar-refractivity contribution is -0.113. The van der Waals surface area contributed by atoms with E-state index in [9.17, 15) is 4.79 Å². The number of rotatable bonds is 5. The topological polar surface area (TPSA) is 90.0 Å². The monoisotopic (exact) mass is 449 g/mol. The van der Waals surface area contributed by atoms with Crippen LogP contribution in [0.4, 0.5) is 5.69 Å². The second kappa shape index (κ2) is 8.01. The summed E-state index contributed by atoms with van der Waals surface area (Å²) in [6, 6.07) is 15.3. The summed E-state index contributed by atoms with van der Waals surface area (Å²) >= 11 is 7.45. The molecule has 5 rings (SSSR count). The number of amides is 1. The van der Waals surface area contributed by atoms with Gasteiger partial charge in [-0.3, -0.25) is 9.20 Å². The molecule has 5 aromatic rings. The van der Waals surface area contributed by atoms with E-state index in [1.54, 1.807) is 29.2 Å². The average molecular weight is 450 g/mol. The molecule has 0 atom stereocenters. The molecule has 10 heteroatoms. The summed E-state index contributed by atoms with van der Waals surface area (Å²) in [5.41, 5.74) is 4.12. The fourth-order valence-corrected chi connectivity index (χ4v) is 4.35. The summed E-state index contributed by atoms with van der Waals surface area (Å²) in [5, 5.41) is 17.9. The Morgan fingerprint density at radius 1 is 1.16 bits per heavy atom. The van der Waals surface area contributed by atoms with E-state index in [1.165, 1.54) is 18.1 Å². The minimum Gasteiger partial charge on any atom is -0.323 e. The van der Waals surface area contributed by atoms with Crippen molar-refractivity contribution in [2.75, 3.05) is 11.1 Å². The smallest absolute Gasteiger partial charge is 0.234 e. The summed E-state index contributed by atoms with van der Waals surface area (Å²) in [6.45, 7) is 2.05. The van der Waals surface area contributed by atoms with Gasteiger partial charge in [0.05, 0.1) is 22.6 Å². The van der Waals surface area contributed by atoms with E-state index in [0.29, 0.717) is 21.6 Å². The van der Waals surface area contributed by atoms with Gasteiger partial charge in [-0.15, -0.1) is 10.2 Å². The molecule has 0 bridgehead atoms. The van der Waals surface area contributed by atoms with E-state index in [1.807, 2.05) is 28.7 Å². The van der Waals surface area contributed by atoms with Gasteiger partial charge >= 0.3 is 0 Å². The maximum Gasteiger partial charge on any atom is 0.234 e. The van der Waals surface area contributed by atoms with E-state index in [2.05, 4.69) is 38.6 Å². The van der Waals surface area contributed by atoms with Crippen LogP contribution in [0, 0.1) is 6.92 Å². The Morgan fingerprint density at radius 2 is 2.03 bits per heavy atom. The van der Waals surface area contributed by atoms with Crippen LogP contribution >= 0.6 is 23.4 Å². The highest BCUT2D eigenvalue weighted by molar-refractivity contribution is 7.99. The van der Waals surface area contributed by atoms with Crippen molar-refractivity contribution in [1.82, 2.24) is 29.4 Å². The molecule has 0 aliphatic heterocycles. The summed E-state index contributed by atoms with van der Waals surface area (Å²) < 4.78 is 3.54. The number of pyridine rings is 1. The van der Waals surface area contributed by atoms with E-state index in [-0.39, 0.29) is 11.7 Å². The van der Waals surface area contributed by atoms with Gasteiger partial charge in [-0.05, 0) is 42.8 Å². The van der Waals surface area contributed by atoms with Crippen LogP contribution < -0.4 is 5.32 Å². The van der Waals surface area contributed by atoms with Crippen molar-refractivity contribution in [3.8, 4) is 5.69 Å². The second-order valence-electron chi connectivity index (χ2n) is 6.86. The molecule has 1 N–H and O–H groups in total. The van der Waals surface area contributed by atoms with Gasteiger partial charge in [0.25, 0.3) is 0 Å². The Balaban J connectivity index is 1.39. The van der Waals surface area contributed by atoms with Gasteiger partial charge in [0, 0.05) is 10.4 Å². The maximum atomic E-state index is 12.7. The van der Waals surface area contributed by atoms with Crippen molar-refractivity contribution in [3.05, 3.63) is 71.8 Å². The molecule has 0 saturated carbocycles. The molecule has 3 heterocycles. The number of halogens is 1. The Bertz CT molecular complexity index is 1410. The number of nitrogens with one attached hydrogen (secondary N) is 1. The largest absolute Gasteiger partial charge is 0.323 e. The van der Waals surface area contributed by atoms with Crippen molar-refractivity contribution in [2.24, 2.45) is 0 Å². The zero-order chi connectivity index (χ0) is 21.4. The molecule has 31 heavy (non-hydrogen) atoms. The number of para-hydroxylation sites is 1. The molecular weight excluding hydrogens is 434 g/mol. The van der Waals surface area contributed by atoms with E-state index < -0.39 is 0 Å². The molecule has 0 saturated heterocycles. The van der Waals surface area contributed by atoms with Gasteiger partial charge in [0.1, 0.15) is 12.7 Å². The lowest BCUT2D eigenvalue weighted by atomic mass is 10.1. The lowest BCUT2D eigenvalue weighted by Crippen LogP contribution is -2.16. The Hall–Kier alpha value is -3.43. The van der Waals surface area contributed by atoms with Crippen LogP contribution in [0.3, 0.4) is 0 Å². The first-order valence-corrected chi connectivity index (χ1v) is 10.8. The van der Waals surface area contributed by atoms with Crippen LogP contribution in [0.25, 0.3) is 22.2 Å². The first kappa shape index (κ1) is 19.5. The van der Waals surface area contributed by atoms with Gasteiger partial charge < -0.3 is 5.32 Å². The molecule has 0 radical (unpaired) electrons. The van der Waals surface area contributed by atoms with E-state index in [4.69, 9.17) is 11.6 Å². The maximum absolute atomic E-state index is 12.7. The third-order valence-electron chi connectivity index (χ3n) is 4.80. The standard InChI is InChI=1S/C21H16ClN7OS/c1-13-8-19-26-27-21(29(19)17-5-3-2-4-15(13)17)31-10-20(30)25-16-9-14(22)6-7-18(16)28-12-23-11-24-28/h2-9,11-12H,10H2,1H3,(H,25,30). The molecule has 0 aliphatic carbocycles. The molecule has 0 aliphatic rings. The minimum absolute atomic E-state index is 0.159. The third-order valence-corrected chi connectivity index (χ3v) is 5.97. The fourth-order valence-electron chi connectivity index (χ4n) is 3.43. The molecule has 2 aromatic carbocycles. The molecule has 0 fully saturated rings. The van der Waals surface area contributed by atoms with Crippen LogP contribution in [0.15, 0.2) is 66.3 Å². The zero-order valence-corrected chi connectivity index (χ0v) is 17.9. The fraction of sp³-hybridized carbons (Fsp3) is 0.0952. The predicted octanol–water partition coefficient (Wildman–Crippen LogP) is 4.16. The number of anilines is 1. The first-order valence-electron chi connectivity index (χ1n) is 9.41.